The molecule has 1 saturated carbocycles. The number of aryl methyl sites for hydroxylation is 1. The van der Waals surface area contributed by atoms with E-state index < -0.39 is 0 Å². The van der Waals surface area contributed by atoms with E-state index in [2.05, 4.69) is 36.5 Å². The molecule has 16 heavy (non-hydrogen) atoms. The summed E-state index contributed by atoms with van der Waals surface area (Å²) in [6.45, 7) is 5.02. The molecule has 0 atom stereocenters. The van der Waals surface area contributed by atoms with Crippen LogP contribution in [0.1, 0.15) is 24.0 Å². The van der Waals surface area contributed by atoms with Gasteiger partial charge in [-0.25, -0.2) is 0 Å². The number of hydrogen-bond donors (Lipinski definition) is 1. The minimum absolute atomic E-state index is 0.244. The zero-order valence-electron chi connectivity index (χ0n) is 9.83. The van der Waals surface area contributed by atoms with Gasteiger partial charge < -0.3 is 10.1 Å². The summed E-state index contributed by atoms with van der Waals surface area (Å²) in [5.41, 5.74) is 3.10. The molecule has 1 aliphatic heterocycles. The largest absolute Gasteiger partial charge is 0.379 e. The van der Waals surface area contributed by atoms with Crippen molar-refractivity contribution in [3.8, 4) is 0 Å². The van der Waals surface area contributed by atoms with Gasteiger partial charge in [0.25, 0.3) is 0 Å². The predicted molar refractivity (Wildman–Crippen MR) is 64.7 cm³/mol. The molecule has 2 heteroatoms. The van der Waals surface area contributed by atoms with Crippen molar-refractivity contribution in [1.82, 2.24) is 5.32 Å². The quantitative estimate of drug-likeness (QED) is 0.833. The third-order valence-electron chi connectivity index (χ3n) is 3.78. The molecule has 0 spiro atoms. The van der Waals surface area contributed by atoms with Crippen LogP contribution in [-0.4, -0.2) is 25.8 Å². The van der Waals surface area contributed by atoms with Gasteiger partial charge in [0.1, 0.15) is 0 Å². The molecule has 2 fully saturated rings. The van der Waals surface area contributed by atoms with Gasteiger partial charge in [-0.1, -0.05) is 24.3 Å². The average Bonchev–Trinajstić information content (AvgIpc) is 3.02. The maximum atomic E-state index is 5.46. The van der Waals surface area contributed by atoms with E-state index >= 15 is 0 Å². The monoisotopic (exact) mass is 217 g/mol. The Bertz CT molecular complexity index is 380. The Balaban J connectivity index is 1.80. The van der Waals surface area contributed by atoms with Crippen molar-refractivity contribution in [2.45, 2.75) is 31.2 Å². The number of benzene rings is 1. The molecule has 1 aromatic carbocycles. The Morgan fingerprint density at radius 1 is 1.31 bits per heavy atom. The first-order valence-corrected chi connectivity index (χ1v) is 6.17. The molecule has 0 bridgehead atoms. The van der Waals surface area contributed by atoms with Gasteiger partial charge in [0.05, 0.1) is 18.6 Å². The van der Waals surface area contributed by atoms with E-state index in [4.69, 9.17) is 4.74 Å². The van der Waals surface area contributed by atoms with Crippen LogP contribution in [0.15, 0.2) is 24.3 Å². The Morgan fingerprint density at radius 2 is 2.06 bits per heavy atom. The van der Waals surface area contributed by atoms with Crippen molar-refractivity contribution in [1.29, 1.82) is 0 Å². The first kappa shape index (κ1) is 10.3. The van der Waals surface area contributed by atoms with Crippen molar-refractivity contribution in [2.24, 2.45) is 0 Å². The van der Waals surface area contributed by atoms with Gasteiger partial charge in [-0.2, -0.15) is 0 Å². The third-order valence-corrected chi connectivity index (χ3v) is 3.78. The van der Waals surface area contributed by atoms with Gasteiger partial charge in [-0.05, 0) is 30.9 Å². The summed E-state index contributed by atoms with van der Waals surface area (Å²) >= 11 is 0. The van der Waals surface area contributed by atoms with E-state index in [-0.39, 0.29) is 5.41 Å². The van der Waals surface area contributed by atoms with Crippen molar-refractivity contribution >= 4 is 0 Å². The predicted octanol–water partition coefficient (Wildman–Crippen LogP) is 2.02. The molecule has 86 valence electrons. The third kappa shape index (κ3) is 1.76. The molecule has 2 nitrogen and oxygen atoms in total. The van der Waals surface area contributed by atoms with E-state index in [0.717, 1.165) is 25.8 Å². The summed E-state index contributed by atoms with van der Waals surface area (Å²) < 4.78 is 5.46. The Labute approximate surface area is 97.0 Å². The molecule has 0 unspecified atom stereocenters. The summed E-state index contributed by atoms with van der Waals surface area (Å²) in [4.78, 5) is 0. The van der Waals surface area contributed by atoms with Crippen LogP contribution in [0.4, 0.5) is 0 Å². The molecule has 1 heterocycles. The minimum Gasteiger partial charge on any atom is -0.379 e. The van der Waals surface area contributed by atoms with Crippen LogP contribution in [0, 0.1) is 6.92 Å². The molecule has 0 radical (unpaired) electrons. The first-order valence-electron chi connectivity index (χ1n) is 6.17. The maximum absolute atomic E-state index is 5.46. The van der Waals surface area contributed by atoms with E-state index in [1.807, 2.05) is 0 Å². The standard InChI is InChI=1S/C14H19NO/c1-11-4-2-3-5-13(11)14(9-16-10-14)8-15-12-6-7-12/h2-5,12,15H,6-10H2,1H3. The van der Waals surface area contributed by atoms with Crippen LogP contribution < -0.4 is 5.32 Å². The van der Waals surface area contributed by atoms with Crippen LogP contribution in [0.3, 0.4) is 0 Å². The molecule has 1 aliphatic carbocycles. The summed E-state index contributed by atoms with van der Waals surface area (Å²) in [7, 11) is 0. The molecular weight excluding hydrogens is 198 g/mol. The number of rotatable bonds is 4. The Hall–Kier alpha value is -0.860. The second-order valence-corrected chi connectivity index (χ2v) is 5.24. The smallest absolute Gasteiger partial charge is 0.0598 e. The fourth-order valence-corrected chi connectivity index (χ4v) is 2.50. The zero-order valence-corrected chi connectivity index (χ0v) is 9.83. The summed E-state index contributed by atoms with van der Waals surface area (Å²) in [6.07, 6.45) is 2.70. The zero-order chi connectivity index (χ0) is 11.0. The highest BCUT2D eigenvalue weighted by molar-refractivity contribution is 5.36. The Kier molecular flexibility index (Phi) is 2.49. The molecule has 0 aromatic heterocycles. The summed E-state index contributed by atoms with van der Waals surface area (Å²) in [5.74, 6) is 0. The average molecular weight is 217 g/mol. The number of nitrogens with one attached hydrogen (secondary N) is 1. The van der Waals surface area contributed by atoms with Gasteiger partial charge in [-0.3, -0.25) is 0 Å². The van der Waals surface area contributed by atoms with E-state index in [1.165, 1.54) is 24.0 Å². The topological polar surface area (TPSA) is 21.3 Å². The SMILES string of the molecule is Cc1ccccc1C1(CNC2CC2)COC1. The van der Waals surface area contributed by atoms with Gasteiger partial charge in [-0.15, -0.1) is 0 Å². The van der Waals surface area contributed by atoms with E-state index in [9.17, 15) is 0 Å². The van der Waals surface area contributed by atoms with Gasteiger partial charge in [0.15, 0.2) is 0 Å². The lowest BCUT2D eigenvalue weighted by atomic mass is 9.76. The molecular formula is C14H19NO. The normalized spacial score (nSPS) is 22.8. The fraction of sp³-hybridized carbons (Fsp3) is 0.571. The van der Waals surface area contributed by atoms with Crippen LogP contribution in [-0.2, 0) is 10.2 Å². The minimum atomic E-state index is 0.244. The molecule has 1 N–H and O–H groups in total. The highest BCUT2D eigenvalue weighted by Crippen LogP contribution is 2.34. The second-order valence-electron chi connectivity index (χ2n) is 5.24. The van der Waals surface area contributed by atoms with Gasteiger partial charge in [0.2, 0.25) is 0 Å². The molecule has 3 rings (SSSR count). The summed E-state index contributed by atoms with van der Waals surface area (Å²) in [5, 5.41) is 3.65. The van der Waals surface area contributed by atoms with E-state index in [1.54, 1.807) is 0 Å². The maximum Gasteiger partial charge on any atom is 0.0598 e. The van der Waals surface area contributed by atoms with Crippen LogP contribution in [0.2, 0.25) is 0 Å². The highest BCUT2D eigenvalue weighted by atomic mass is 16.5. The van der Waals surface area contributed by atoms with Gasteiger partial charge in [0, 0.05) is 12.6 Å². The molecule has 2 aliphatic rings. The lowest BCUT2D eigenvalue weighted by Gasteiger charge is -2.43. The second kappa shape index (κ2) is 3.86. The number of ether oxygens (including phenoxy) is 1. The first-order chi connectivity index (χ1) is 7.80. The fourth-order valence-electron chi connectivity index (χ4n) is 2.50. The van der Waals surface area contributed by atoms with Crippen LogP contribution in [0.5, 0.6) is 0 Å². The van der Waals surface area contributed by atoms with Crippen LogP contribution in [0.25, 0.3) is 0 Å². The van der Waals surface area contributed by atoms with Crippen molar-refractivity contribution in [3.05, 3.63) is 35.4 Å². The Morgan fingerprint density at radius 3 is 2.62 bits per heavy atom. The van der Waals surface area contributed by atoms with Crippen LogP contribution >= 0.6 is 0 Å². The van der Waals surface area contributed by atoms with Gasteiger partial charge >= 0.3 is 0 Å². The number of hydrogen-bond acceptors (Lipinski definition) is 2. The van der Waals surface area contributed by atoms with Crippen molar-refractivity contribution in [2.75, 3.05) is 19.8 Å². The molecule has 0 amide bonds. The lowest BCUT2D eigenvalue weighted by Crippen LogP contribution is -2.54. The summed E-state index contributed by atoms with van der Waals surface area (Å²) in [6, 6.07) is 9.49. The van der Waals surface area contributed by atoms with Crippen molar-refractivity contribution in [3.63, 3.8) is 0 Å². The van der Waals surface area contributed by atoms with E-state index in [0.29, 0.717) is 0 Å². The highest BCUT2D eigenvalue weighted by Gasteiger charge is 2.41. The lowest BCUT2D eigenvalue weighted by molar-refractivity contribution is -0.0594. The van der Waals surface area contributed by atoms with Crippen molar-refractivity contribution < 1.29 is 4.74 Å². The molecule has 1 saturated heterocycles. The molecule has 1 aromatic rings.